The molecule has 2 aromatic heterocycles. The molecule has 0 spiro atoms. The minimum atomic E-state index is -0.978. The van der Waals surface area contributed by atoms with Crippen LogP contribution in [0.3, 0.4) is 0 Å². The molecule has 0 aliphatic carbocycles. The van der Waals surface area contributed by atoms with E-state index in [0.717, 1.165) is 61.5 Å². The number of nitrogens with zero attached hydrogens (tertiary/aromatic N) is 3. The normalized spacial score (nSPS) is 11.2. The van der Waals surface area contributed by atoms with Crippen molar-refractivity contribution in [3.8, 4) is 39.5 Å². The molecule has 214 valence electrons. The number of fused-ring (bicyclic) bond motifs is 2. The number of hydrogen-bond donors (Lipinski definition) is 1. The number of carboxylic acid groups (broad SMARTS) is 1. The monoisotopic (exact) mass is 595 g/mol. The number of carbonyl (C=O) groups is 1. The van der Waals surface area contributed by atoms with Gasteiger partial charge < -0.3 is 14.4 Å². The third kappa shape index (κ3) is 5.16. The summed E-state index contributed by atoms with van der Waals surface area (Å²) >= 11 is 6.16. The highest BCUT2D eigenvalue weighted by atomic mass is 35.5. The second kappa shape index (κ2) is 11.3. The molecule has 44 heavy (non-hydrogen) atoms. The Morgan fingerprint density at radius 1 is 0.773 bits per heavy atom. The summed E-state index contributed by atoms with van der Waals surface area (Å²) in [6, 6.07) is 39.2. The van der Waals surface area contributed by atoms with Crippen molar-refractivity contribution in [2.45, 2.75) is 6.54 Å². The van der Waals surface area contributed by atoms with E-state index in [9.17, 15) is 9.90 Å². The predicted octanol–water partition coefficient (Wildman–Crippen LogP) is 8.99. The van der Waals surface area contributed by atoms with Crippen molar-refractivity contribution >= 4 is 39.5 Å². The molecule has 0 atom stereocenters. The van der Waals surface area contributed by atoms with Crippen LogP contribution in [0.25, 0.3) is 55.7 Å². The highest BCUT2D eigenvalue weighted by molar-refractivity contribution is 6.30. The number of hydrogen-bond acceptors (Lipinski definition) is 4. The van der Waals surface area contributed by atoms with Crippen molar-refractivity contribution in [3.63, 3.8) is 0 Å². The van der Waals surface area contributed by atoms with Crippen molar-refractivity contribution < 1.29 is 14.6 Å². The number of aromatic nitrogens is 3. The SMILES string of the molecule is COc1ccc(-c2ccc(Cl)cc2)c(-c2ccc3cc(-c4nc5cc(C(=O)O)ccc5n4Cc4ccccc4)ccc3n2)c1. The highest BCUT2D eigenvalue weighted by Gasteiger charge is 2.17. The summed E-state index contributed by atoms with van der Waals surface area (Å²) in [5, 5.41) is 11.2. The van der Waals surface area contributed by atoms with Gasteiger partial charge in [-0.3, -0.25) is 0 Å². The number of rotatable bonds is 7. The minimum absolute atomic E-state index is 0.208. The molecule has 0 aliphatic rings. The molecule has 0 aliphatic heterocycles. The molecule has 0 fully saturated rings. The van der Waals surface area contributed by atoms with Gasteiger partial charge in [-0.05, 0) is 83.4 Å². The lowest BCUT2D eigenvalue weighted by molar-refractivity contribution is 0.0697. The van der Waals surface area contributed by atoms with Crippen LogP contribution in [0, 0.1) is 0 Å². The zero-order chi connectivity index (χ0) is 30.2. The summed E-state index contributed by atoms with van der Waals surface area (Å²) < 4.78 is 7.68. The van der Waals surface area contributed by atoms with E-state index < -0.39 is 5.97 Å². The molecule has 7 heteroatoms. The number of carboxylic acids is 1. The van der Waals surface area contributed by atoms with Gasteiger partial charge in [0.2, 0.25) is 0 Å². The van der Waals surface area contributed by atoms with Gasteiger partial charge in [0.1, 0.15) is 11.6 Å². The fourth-order valence-corrected chi connectivity index (χ4v) is 5.69. The van der Waals surface area contributed by atoms with Crippen LogP contribution in [-0.4, -0.2) is 32.7 Å². The zero-order valence-corrected chi connectivity index (χ0v) is 24.5. The van der Waals surface area contributed by atoms with Crippen LogP contribution < -0.4 is 4.74 Å². The van der Waals surface area contributed by atoms with Crippen LogP contribution in [-0.2, 0) is 6.54 Å². The van der Waals surface area contributed by atoms with E-state index >= 15 is 0 Å². The number of imidazole rings is 1. The highest BCUT2D eigenvalue weighted by Crippen LogP contribution is 2.36. The van der Waals surface area contributed by atoms with Gasteiger partial charge in [-0.25, -0.2) is 14.8 Å². The molecule has 2 heterocycles. The fourth-order valence-electron chi connectivity index (χ4n) is 5.57. The topological polar surface area (TPSA) is 77.2 Å². The van der Waals surface area contributed by atoms with Crippen molar-refractivity contribution in [1.82, 2.24) is 14.5 Å². The lowest BCUT2D eigenvalue weighted by Crippen LogP contribution is -2.02. The van der Waals surface area contributed by atoms with Crippen LogP contribution in [0.2, 0.25) is 5.02 Å². The van der Waals surface area contributed by atoms with E-state index in [1.165, 1.54) is 0 Å². The Hall–Kier alpha value is -5.46. The summed E-state index contributed by atoms with van der Waals surface area (Å²) in [5.74, 6) is 0.530. The van der Waals surface area contributed by atoms with Crippen molar-refractivity contribution in [2.24, 2.45) is 0 Å². The third-order valence-corrected chi connectivity index (χ3v) is 8.04. The second-order valence-corrected chi connectivity index (χ2v) is 11.0. The van der Waals surface area contributed by atoms with Crippen LogP contribution >= 0.6 is 11.6 Å². The first-order chi connectivity index (χ1) is 21.5. The summed E-state index contributed by atoms with van der Waals surface area (Å²) in [5.41, 5.74) is 8.44. The number of ether oxygens (including phenoxy) is 1. The van der Waals surface area contributed by atoms with Gasteiger partial charge in [0.25, 0.3) is 0 Å². The third-order valence-electron chi connectivity index (χ3n) is 7.78. The summed E-state index contributed by atoms with van der Waals surface area (Å²) in [4.78, 5) is 21.6. The minimum Gasteiger partial charge on any atom is -0.497 e. The fraction of sp³-hybridized carbons (Fsp3) is 0.0541. The van der Waals surface area contributed by atoms with Gasteiger partial charge in [-0.1, -0.05) is 66.2 Å². The maximum absolute atomic E-state index is 11.7. The van der Waals surface area contributed by atoms with Crippen molar-refractivity contribution in [2.75, 3.05) is 7.11 Å². The molecule has 0 amide bonds. The molecule has 6 nitrogen and oxygen atoms in total. The zero-order valence-electron chi connectivity index (χ0n) is 23.7. The lowest BCUT2D eigenvalue weighted by Gasteiger charge is -2.13. The molecule has 1 N–H and O–H groups in total. The smallest absolute Gasteiger partial charge is 0.335 e. The predicted molar refractivity (Wildman–Crippen MR) is 175 cm³/mol. The molecule has 0 saturated carbocycles. The number of methoxy groups -OCH3 is 1. The van der Waals surface area contributed by atoms with E-state index in [2.05, 4.69) is 28.8 Å². The Kier molecular flexibility index (Phi) is 7.04. The number of aromatic carboxylic acids is 1. The van der Waals surface area contributed by atoms with Crippen LogP contribution in [0.5, 0.6) is 5.75 Å². The largest absolute Gasteiger partial charge is 0.497 e. The van der Waals surface area contributed by atoms with E-state index in [-0.39, 0.29) is 5.56 Å². The molecular weight excluding hydrogens is 570 g/mol. The average molecular weight is 596 g/mol. The second-order valence-electron chi connectivity index (χ2n) is 10.5. The Bertz CT molecular complexity index is 2170. The molecule has 5 aromatic carbocycles. The van der Waals surface area contributed by atoms with Crippen LogP contribution in [0.15, 0.2) is 121 Å². The molecule has 0 saturated heterocycles. The molecule has 7 aromatic rings. The molecule has 7 rings (SSSR count). The maximum Gasteiger partial charge on any atom is 0.335 e. The van der Waals surface area contributed by atoms with E-state index in [4.69, 9.17) is 26.3 Å². The first kappa shape index (κ1) is 27.4. The number of benzene rings is 5. The molecule has 0 radical (unpaired) electrons. The van der Waals surface area contributed by atoms with Gasteiger partial charge >= 0.3 is 5.97 Å². The van der Waals surface area contributed by atoms with Gasteiger partial charge in [0, 0.05) is 28.1 Å². The van der Waals surface area contributed by atoms with Gasteiger partial charge in [0.05, 0.1) is 34.9 Å². The standard InChI is InChI=1S/C37H26ClN3O3/c1-44-29-14-15-30(24-7-12-28(38)13-8-24)31(21-29)33-17-9-25-19-26(10-16-32(25)39-33)36-40-34-20-27(37(42)43)11-18-35(34)41(36)22-23-5-3-2-4-6-23/h2-21H,22H2,1H3,(H,42,43). The van der Waals surface area contributed by atoms with E-state index in [1.54, 1.807) is 19.2 Å². The first-order valence-corrected chi connectivity index (χ1v) is 14.5. The van der Waals surface area contributed by atoms with Crippen molar-refractivity contribution in [1.29, 1.82) is 0 Å². The maximum atomic E-state index is 11.7. The Morgan fingerprint density at radius 3 is 2.34 bits per heavy atom. The number of halogens is 1. The van der Waals surface area contributed by atoms with E-state index in [1.807, 2.05) is 84.9 Å². The van der Waals surface area contributed by atoms with Gasteiger partial charge in [-0.2, -0.15) is 0 Å². The molecule has 0 unspecified atom stereocenters. The Morgan fingerprint density at radius 2 is 1.57 bits per heavy atom. The number of pyridine rings is 1. The Labute approximate surface area is 258 Å². The quantitative estimate of drug-likeness (QED) is 0.199. The Balaban J connectivity index is 1.33. The summed E-state index contributed by atoms with van der Waals surface area (Å²) in [6.07, 6.45) is 0. The average Bonchev–Trinajstić information content (AvgIpc) is 3.42. The first-order valence-electron chi connectivity index (χ1n) is 14.1. The van der Waals surface area contributed by atoms with Gasteiger partial charge in [0.15, 0.2) is 0 Å². The van der Waals surface area contributed by atoms with Crippen LogP contribution in [0.4, 0.5) is 0 Å². The van der Waals surface area contributed by atoms with E-state index in [0.29, 0.717) is 17.1 Å². The summed E-state index contributed by atoms with van der Waals surface area (Å²) in [7, 11) is 1.66. The molecule has 0 bridgehead atoms. The van der Waals surface area contributed by atoms with Crippen LogP contribution in [0.1, 0.15) is 15.9 Å². The summed E-state index contributed by atoms with van der Waals surface area (Å²) in [6.45, 7) is 0.595. The van der Waals surface area contributed by atoms with Crippen molar-refractivity contribution in [3.05, 3.63) is 137 Å². The lowest BCUT2D eigenvalue weighted by atomic mass is 9.96. The van der Waals surface area contributed by atoms with Gasteiger partial charge in [-0.15, -0.1) is 0 Å². The molecular formula is C37H26ClN3O3.